The van der Waals surface area contributed by atoms with Gasteiger partial charge in [-0.05, 0) is 12.1 Å². The van der Waals surface area contributed by atoms with E-state index in [0.717, 1.165) is 5.95 Å². The molecular formula is C9H12N5. The van der Waals surface area contributed by atoms with Crippen molar-refractivity contribution in [2.45, 2.75) is 0 Å². The number of rotatable bonds is 1. The number of hydrogen-bond donors (Lipinski definition) is 1. The van der Waals surface area contributed by atoms with Gasteiger partial charge in [0, 0.05) is 32.7 Å². The fourth-order valence-corrected chi connectivity index (χ4v) is 0.709. The third kappa shape index (κ3) is 3.66. The van der Waals surface area contributed by atoms with Crippen molar-refractivity contribution in [3.63, 3.8) is 0 Å². The SMILES string of the molecule is CN(C)c1ncccn1.[c]1cc[nH]n1. The van der Waals surface area contributed by atoms with Crippen LogP contribution in [0.3, 0.4) is 0 Å². The fourth-order valence-electron chi connectivity index (χ4n) is 0.709. The Hall–Kier alpha value is -1.91. The lowest BCUT2D eigenvalue weighted by atomic mass is 10.7. The highest BCUT2D eigenvalue weighted by Gasteiger charge is 1.91. The van der Waals surface area contributed by atoms with E-state index in [1.807, 2.05) is 19.0 Å². The van der Waals surface area contributed by atoms with E-state index < -0.39 is 0 Å². The van der Waals surface area contributed by atoms with Crippen molar-refractivity contribution in [2.24, 2.45) is 0 Å². The highest BCUT2D eigenvalue weighted by molar-refractivity contribution is 5.23. The lowest BCUT2D eigenvalue weighted by Crippen LogP contribution is -2.11. The molecule has 0 bridgehead atoms. The second kappa shape index (κ2) is 5.69. The molecule has 0 spiro atoms. The van der Waals surface area contributed by atoms with Crippen LogP contribution in [0.5, 0.6) is 0 Å². The van der Waals surface area contributed by atoms with E-state index in [9.17, 15) is 0 Å². The van der Waals surface area contributed by atoms with E-state index in [0.29, 0.717) is 0 Å². The Morgan fingerprint density at radius 1 is 1.29 bits per heavy atom. The van der Waals surface area contributed by atoms with Crippen molar-refractivity contribution in [1.29, 1.82) is 0 Å². The smallest absolute Gasteiger partial charge is 0.224 e. The van der Waals surface area contributed by atoms with Crippen molar-refractivity contribution in [2.75, 3.05) is 19.0 Å². The molecule has 2 rings (SSSR count). The highest BCUT2D eigenvalue weighted by Crippen LogP contribution is 1.96. The van der Waals surface area contributed by atoms with E-state index in [1.165, 1.54) is 0 Å². The Balaban J connectivity index is 0.000000165. The van der Waals surface area contributed by atoms with Crippen LogP contribution in [0.15, 0.2) is 30.7 Å². The second-order valence-corrected chi connectivity index (χ2v) is 2.65. The summed E-state index contributed by atoms with van der Waals surface area (Å²) in [7, 11) is 3.82. The summed E-state index contributed by atoms with van der Waals surface area (Å²) in [6.07, 6.45) is 7.71. The van der Waals surface area contributed by atoms with Gasteiger partial charge in [0.2, 0.25) is 5.95 Å². The van der Waals surface area contributed by atoms with Crippen molar-refractivity contribution >= 4 is 5.95 Å². The summed E-state index contributed by atoms with van der Waals surface area (Å²) in [6.45, 7) is 0. The molecule has 0 aromatic carbocycles. The van der Waals surface area contributed by atoms with Gasteiger partial charge in [0.1, 0.15) is 6.20 Å². The van der Waals surface area contributed by atoms with Gasteiger partial charge in [0.25, 0.3) is 0 Å². The fraction of sp³-hybridized carbons (Fsp3) is 0.222. The molecule has 0 saturated carbocycles. The molecule has 0 aliphatic heterocycles. The number of aromatic amines is 1. The molecule has 0 aliphatic carbocycles. The van der Waals surface area contributed by atoms with Crippen LogP contribution >= 0.6 is 0 Å². The Bertz CT molecular complexity index is 299. The highest BCUT2D eigenvalue weighted by atomic mass is 15.2. The predicted octanol–water partition coefficient (Wildman–Crippen LogP) is 0.752. The van der Waals surface area contributed by atoms with Crippen molar-refractivity contribution in [1.82, 2.24) is 20.2 Å². The van der Waals surface area contributed by atoms with Crippen LogP contribution in [0.1, 0.15) is 0 Å². The quantitative estimate of drug-likeness (QED) is 0.721. The molecule has 5 heteroatoms. The first-order valence-electron chi connectivity index (χ1n) is 4.11. The first-order chi connectivity index (χ1) is 6.80. The summed E-state index contributed by atoms with van der Waals surface area (Å²) in [5, 5.41) is 6.03. The monoisotopic (exact) mass is 190 g/mol. The van der Waals surface area contributed by atoms with E-state index in [1.54, 1.807) is 30.7 Å². The maximum Gasteiger partial charge on any atom is 0.224 e. The van der Waals surface area contributed by atoms with E-state index >= 15 is 0 Å². The summed E-state index contributed by atoms with van der Waals surface area (Å²) < 4.78 is 0. The zero-order chi connectivity index (χ0) is 10.2. The Kier molecular flexibility index (Phi) is 4.13. The Morgan fingerprint density at radius 3 is 2.29 bits per heavy atom. The van der Waals surface area contributed by atoms with Gasteiger partial charge in [-0.3, -0.25) is 5.10 Å². The second-order valence-electron chi connectivity index (χ2n) is 2.65. The third-order valence-corrected chi connectivity index (χ3v) is 1.31. The van der Waals surface area contributed by atoms with Gasteiger partial charge in [0.05, 0.1) is 0 Å². The van der Waals surface area contributed by atoms with Crippen LogP contribution < -0.4 is 4.90 Å². The average Bonchev–Trinajstić information content (AvgIpc) is 2.77. The molecule has 0 aliphatic rings. The van der Waals surface area contributed by atoms with Gasteiger partial charge in [-0.25, -0.2) is 9.97 Å². The molecule has 1 radical (unpaired) electrons. The summed E-state index contributed by atoms with van der Waals surface area (Å²) in [4.78, 5) is 9.85. The predicted molar refractivity (Wildman–Crippen MR) is 53.8 cm³/mol. The molecule has 2 aromatic heterocycles. The molecule has 1 N–H and O–H groups in total. The molecule has 2 aromatic rings. The molecule has 14 heavy (non-hydrogen) atoms. The molecule has 0 amide bonds. The normalized spacial score (nSPS) is 8.71. The van der Waals surface area contributed by atoms with Crippen LogP contribution in [0.4, 0.5) is 5.95 Å². The minimum absolute atomic E-state index is 0.748. The number of hydrogen-bond acceptors (Lipinski definition) is 4. The number of nitrogens with zero attached hydrogens (tertiary/aromatic N) is 4. The molecule has 0 fully saturated rings. The number of nitrogens with one attached hydrogen (secondary N) is 1. The van der Waals surface area contributed by atoms with E-state index in [2.05, 4.69) is 26.4 Å². The molecule has 0 saturated heterocycles. The van der Waals surface area contributed by atoms with Crippen molar-refractivity contribution in [3.8, 4) is 0 Å². The first-order valence-corrected chi connectivity index (χ1v) is 4.11. The van der Waals surface area contributed by atoms with Gasteiger partial charge >= 0.3 is 0 Å². The van der Waals surface area contributed by atoms with E-state index in [4.69, 9.17) is 0 Å². The van der Waals surface area contributed by atoms with Gasteiger partial charge in [-0.2, -0.15) is 5.10 Å². The summed E-state index contributed by atoms with van der Waals surface area (Å²) in [6, 6.07) is 3.51. The zero-order valence-corrected chi connectivity index (χ0v) is 8.18. The van der Waals surface area contributed by atoms with Crippen LogP contribution in [0, 0.1) is 6.20 Å². The lowest BCUT2D eigenvalue weighted by molar-refractivity contribution is 0.998. The van der Waals surface area contributed by atoms with Gasteiger partial charge < -0.3 is 4.90 Å². The summed E-state index contributed by atoms with van der Waals surface area (Å²) in [5.74, 6) is 0.748. The minimum atomic E-state index is 0.748. The van der Waals surface area contributed by atoms with Crippen molar-refractivity contribution in [3.05, 3.63) is 36.9 Å². The lowest BCUT2D eigenvalue weighted by Gasteiger charge is -2.06. The molecule has 73 valence electrons. The molecule has 2 heterocycles. The van der Waals surface area contributed by atoms with Gasteiger partial charge in [-0.1, -0.05) is 0 Å². The minimum Gasteiger partial charge on any atom is -0.347 e. The molecule has 0 atom stereocenters. The molecule has 0 unspecified atom stereocenters. The summed E-state index contributed by atoms with van der Waals surface area (Å²) >= 11 is 0. The van der Waals surface area contributed by atoms with Gasteiger partial charge in [-0.15, -0.1) is 0 Å². The van der Waals surface area contributed by atoms with Crippen molar-refractivity contribution < 1.29 is 0 Å². The molecule has 5 nitrogen and oxygen atoms in total. The maximum absolute atomic E-state index is 3.99. The number of H-pyrrole nitrogens is 1. The first kappa shape index (κ1) is 10.2. The zero-order valence-electron chi connectivity index (χ0n) is 8.18. The van der Waals surface area contributed by atoms with Gasteiger partial charge in [0.15, 0.2) is 0 Å². The molecular weight excluding hydrogens is 178 g/mol. The average molecular weight is 190 g/mol. The maximum atomic E-state index is 3.99. The Labute approximate surface area is 82.8 Å². The number of aromatic nitrogens is 4. The number of anilines is 1. The topological polar surface area (TPSA) is 57.7 Å². The third-order valence-electron chi connectivity index (χ3n) is 1.31. The van der Waals surface area contributed by atoms with Crippen LogP contribution in [0.2, 0.25) is 0 Å². The Morgan fingerprint density at radius 2 is 2.00 bits per heavy atom. The van der Waals surface area contributed by atoms with E-state index in [-0.39, 0.29) is 0 Å². The summed E-state index contributed by atoms with van der Waals surface area (Å²) in [5.41, 5.74) is 0. The largest absolute Gasteiger partial charge is 0.347 e. The van der Waals surface area contributed by atoms with Crippen LogP contribution in [0.25, 0.3) is 0 Å². The standard InChI is InChI=1S/C6H9N3.C3H3N2/c1-9(2)6-7-4-3-5-8-6;1-2-4-5-3-1/h3-5H,1-2H3;1-2H,(H,4,5). The van der Waals surface area contributed by atoms with Crippen LogP contribution in [-0.4, -0.2) is 34.3 Å². The van der Waals surface area contributed by atoms with Crippen LogP contribution in [-0.2, 0) is 0 Å².